The van der Waals surface area contributed by atoms with E-state index in [2.05, 4.69) is 26.1 Å². The highest BCUT2D eigenvalue weighted by molar-refractivity contribution is 4.81. The molecule has 0 radical (unpaired) electrons. The van der Waals surface area contributed by atoms with Crippen LogP contribution >= 0.6 is 0 Å². The summed E-state index contributed by atoms with van der Waals surface area (Å²) >= 11 is 0. The van der Waals surface area contributed by atoms with Crippen molar-refractivity contribution in [3.05, 3.63) is 0 Å². The minimum Gasteiger partial charge on any atom is -0.394 e. The van der Waals surface area contributed by atoms with Crippen molar-refractivity contribution in [2.75, 3.05) is 19.8 Å². The zero-order valence-corrected chi connectivity index (χ0v) is 14.5. The van der Waals surface area contributed by atoms with Gasteiger partial charge in [0.2, 0.25) is 0 Å². The molecule has 0 amide bonds. The third-order valence-electron chi connectivity index (χ3n) is 4.63. The Morgan fingerprint density at radius 3 is 2.14 bits per heavy atom. The third kappa shape index (κ3) is 7.09. The Morgan fingerprint density at radius 1 is 1.10 bits per heavy atom. The van der Waals surface area contributed by atoms with Gasteiger partial charge in [-0.3, -0.25) is 0 Å². The van der Waals surface area contributed by atoms with Crippen LogP contribution in [0.25, 0.3) is 0 Å². The van der Waals surface area contributed by atoms with Crippen molar-refractivity contribution >= 4 is 0 Å². The molecule has 1 saturated carbocycles. The predicted octanol–water partition coefficient (Wildman–Crippen LogP) is 2.33. The Bertz CT molecular complexity index is 291. The van der Waals surface area contributed by atoms with Crippen LogP contribution < -0.4 is 5.32 Å². The molecule has 21 heavy (non-hydrogen) atoms. The summed E-state index contributed by atoms with van der Waals surface area (Å²) in [6, 6.07) is 0. The lowest BCUT2D eigenvalue weighted by molar-refractivity contribution is -0.0378. The standard InChI is InChI=1S/C17H35NO3/c1-16(2,3)13-6-8-15(9-7-13)21-11-14(20)10-18-17(4,5)12-19/h13-15,18-20H,6-12H2,1-5H3/t13?,14-,15?/m0/s1. The van der Waals surface area contributed by atoms with E-state index in [0.717, 1.165) is 18.8 Å². The van der Waals surface area contributed by atoms with Crippen LogP contribution in [-0.2, 0) is 4.74 Å². The van der Waals surface area contributed by atoms with Crippen LogP contribution in [0.2, 0.25) is 0 Å². The highest BCUT2D eigenvalue weighted by Gasteiger charge is 2.30. The predicted molar refractivity (Wildman–Crippen MR) is 86.3 cm³/mol. The molecule has 1 aliphatic carbocycles. The van der Waals surface area contributed by atoms with E-state index in [-0.39, 0.29) is 12.1 Å². The third-order valence-corrected chi connectivity index (χ3v) is 4.63. The molecule has 3 N–H and O–H groups in total. The van der Waals surface area contributed by atoms with Crippen LogP contribution in [-0.4, -0.2) is 47.7 Å². The summed E-state index contributed by atoms with van der Waals surface area (Å²) in [6.45, 7) is 11.6. The van der Waals surface area contributed by atoms with E-state index >= 15 is 0 Å². The Kier molecular flexibility index (Phi) is 7.11. The molecule has 4 nitrogen and oxygen atoms in total. The molecule has 0 unspecified atom stereocenters. The van der Waals surface area contributed by atoms with Crippen LogP contribution in [0.5, 0.6) is 0 Å². The number of aliphatic hydroxyl groups excluding tert-OH is 2. The smallest absolute Gasteiger partial charge is 0.0898 e. The maximum atomic E-state index is 9.95. The molecular weight excluding hydrogens is 266 g/mol. The van der Waals surface area contributed by atoms with E-state index in [1.54, 1.807) is 0 Å². The SMILES string of the molecule is CC(C)(CO)NC[C@H](O)COC1CCC(C(C)(C)C)CC1. The zero-order chi connectivity index (χ0) is 16.1. The molecule has 0 aromatic carbocycles. The van der Waals surface area contributed by atoms with Crippen molar-refractivity contribution in [1.82, 2.24) is 5.32 Å². The molecule has 0 aromatic rings. The Labute approximate surface area is 130 Å². The fourth-order valence-electron chi connectivity index (χ4n) is 2.85. The number of ether oxygens (including phenoxy) is 1. The average molecular weight is 301 g/mol. The van der Waals surface area contributed by atoms with Gasteiger partial charge in [0.1, 0.15) is 0 Å². The monoisotopic (exact) mass is 301 g/mol. The first kappa shape index (κ1) is 18.9. The fourth-order valence-corrected chi connectivity index (χ4v) is 2.85. The lowest BCUT2D eigenvalue weighted by Crippen LogP contribution is -2.47. The molecular formula is C17H35NO3. The van der Waals surface area contributed by atoms with Crippen LogP contribution in [0.4, 0.5) is 0 Å². The lowest BCUT2D eigenvalue weighted by Gasteiger charge is -2.37. The highest BCUT2D eigenvalue weighted by Crippen LogP contribution is 2.38. The number of hydrogen-bond donors (Lipinski definition) is 3. The highest BCUT2D eigenvalue weighted by atomic mass is 16.5. The summed E-state index contributed by atoms with van der Waals surface area (Å²) in [5.41, 5.74) is 0.0377. The van der Waals surface area contributed by atoms with Gasteiger partial charge in [0.15, 0.2) is 0 Å². The number of aliphatic hydroxyl groups is 2. The Morgan fingerprint density at radius 2 is 1.67 bits per heavy atom. The van der Waals surface area contributed by atoms with Gasteiger partial charge in [0, 0.05) is 12.1 Å². The summed E-state index contributed by atoms with van der Waals surface area (Å²) in [4.78, 5) is 0. The molecule has 1 aliphatic rings. The Balaban J connectivity index is 2.19. The number of nitrogens with one attached hydrogen (secondary N) is 1. The van der Waals surface area contributed by atoms with Gasteiger partial charge in [-0.25, -0.2) is 0 Å². The molecule has 1 atom stereocenters. The second-order valence-corrected chi connectivity index (χ2v) is 8.25. The van der Waals surface area contributed by atoms with Gasteiger partial charge >= 0.3 is 0 Å². The van der Waals surface area contributed by atoms with Crippen molar-refractivity contribution in [3.63, 3.8) is 0 Å². The minimum absolute atomic E-state index is 0.0530. The van der Waals surface area contributed by atoms with E-state index < -0.39 is 6.10 Å². The van der Waals surface area contributed by atoms with Gasteiger partial charge < -0.3 is 20.3 Å². The first-order valence-electron chi connectivity index (χ1n) is 8.29. The van der Waals surface area contributed by atoms with E-state index in [0.29, 0.717) is 24.7 Å². The van der Waals surface area contributed by atoms with Crippen molar-refractivity contribution in [1.29, 1.82) is 0 Å². The zero-order valence-electron chi connectivity index (χ0n) is 14.5. The molecule has 0 aliphatic heterocycles. The van der Waals surface area contributed by atoms with Crippen LogP contribution in [0.1, 0.15) is 60.3 Å². The maximum Gasteiger partial charge on any atom is 0.0898 e. The molecule has 0 spiro atoms. The molecule has 4 heteroatoms. The molecule has 1 rings (SSSR count). The molecule has 0 heterocycles. The van der Waals surface area contributed by atoms with E-state index in [9.17, 15) is 5.11 Å². The van der Waals surface area contributed by atoms with Crippen LogP contribution in [0.15, 0.2) is 0 Å². The number of rotatable bonds is 7. The summed E-state index contributed by atoms with van der Waals surface area (Å²) in [7, 11) is 0. The number of β-amino-alcohol motifs (C(OH)–C–C–N with tert-alkyl or cyclic N) is 1. The molecule has 0 bridgehead atoms. The van der Waals surface area contributed by atoms with Gasteiger partial charge in [-0.1, -0.05) is 20.8 Å². The average Bonchev–Trinajstić information content (AvgIpc) is 2.42. The van der Waals surface area contributed by atoms with Gasteiger partial charge in [0.25, 0.3) is 0 Å². The topological polar surface area (TPSA) is 61.7 Å². The lowest BCUT2D eigenvalue weighted by atomic mass is 9.72. The molecule has 0 saturated heterocycles. The summed E-state index contributed by atoms with van der Waals surface area (Å²) in [6.07, 6.45) is 4.43. The second kappa shape index (κ2) is 7.91. The minimum atomic E-state index is -0.517. The Hall–Kier alpha value is -0.160. The summed E-state index contributed by atoms with van der Waals surface area (Å²) in [5, 5.41) is 22.2. The quantitative estimate of drug-likeness (QED) is 0.675. The van der Waals surface area contributed by atoms with Gasteiger partial charge in [0.05, 0.1) is 25.4 Å². The van der Waals surface area contributed by atoms with Crippen molar-refractivity contribution in [2.45, 2.75) is 78.0 Å². The van der Waals surface area contributed by atoms with E-state index in [1.165, 1.54) is 12.8 Å². The molecule has 0 aromatic heterocycles. The van der Waals surface area contributed by atoms with Crippen molar-refractivity contribution in [3.8, 4) is 0 Å². The maximum absolute atomic E-state index is 9.95. The van der Waals surface area contributed by atoms with Crippen LogP contribution in [0.3, 0.4) is 0 Å². The molecule has 126 valence electrons. The van der Waals surface area contributed by atoms with Gasteiger partial charge in [-0.15, -0.1) is 0 Å². The number of hydrogen-bond acceptors (Lipinski definition) is 4. The van der Waals surface area contributed by atoms with Crippen LogP contribution in [0, 0.1) is 11.3 Å². The van der Waals surface area contributed by atoms with E-state index in [4.69, 9.17) is 9.84 Å². The van der Waals surface area contributed by atoms with Crippen molar-refractivity contribution < 1.29 is 14.9 Å². The van der Waals surface area contributed by atoms with Gasteiger partial charge in [-0.05, 0) is 50.9 Å². The normalized spacial score (nSPS) is 25.9. The van der Waals surface area contributed by atoms with Gasteiger partial charge in [-0.2, -0.15) is 0 Å². The largest absolute Gasteiger partial charge is 0.394 e. The summed E-state index contributed by atoms with van der Waals surface area (Å²) < 4.78 is 5.85. The first-order valence-corrected chi connectivity index (χ1v) is 8.29. The second-order valence-electron chi connectivity index (χ2n) is 8.25. The first-order chi connectivity index (χ1) is 9.64. The van der Waals surface area contributed by atoms with E-state index in [1.807, 2.05) is 13.8 Å². The summed E-state index contributed by atoms with van der Waals surface area (Å²) in [5.74, 6) is 0.786. The van der Waals surface area contributed by atoms with Crippen molar-refractivity contribution in [2.24, 2.45) is 11.3 Å². The fraction of sp³-hybridized carbons (Fsp3) is 1.00. The molecule has 1 fully saturated rings.